The standard InChI is InChI=1S/C21H19ClF4N2O3/c22-15-5-8-18(31-12-21(24,25)26)17(10-15)27-19(29)14-2-1-9-28(11-14)20(30)13-3-6-16(23)7-4-13/h3-8,10,14H,1-2,9,11-12H2,(H,27,29). The van der Waals surface area contributed by atoms with Gasteiger partial charge in [0.05, 0.1) is 11.6 Å². The van der Waals surface area contributed by atoms with Gasteiger partial charge in [0.1, 0.15) is 11.6 Å². The van der Waals surface area contributed by atoms with E-state index in [2.05, 4.69) is 5.32 Å². The minimum absolute atomic E-state index is 0.0173. The van der Waals surface area contributed by atoms with Gasteiger partial charge in [0, 0.05) is 23.7 Å². The van der Waals surface area contributed by atoms with Gasteiger partial charge in [0.15, 0.2) is 6.61 Å². The van der Waals surface area contributed by atoms with Crippen LogP contribution in [0.3, 0.4) is 0 Å². The number of halogens is 5. The van der Waals surface area contributed by atoms with Crippen LogP contribution in [0.25, 0.3) is 0 Å². The molecule has 0 aliphatic carbocycles. The molecule has 1 N–H and O–H groups in total. The number of carbonyl (C=O) groups is 2. The van der Waals surface area contributed by atoms with Gasteiger partial charge in [-0.05, 0) is 55.3 Å². The number of nitrogens with one attached hydrogen (secondary N) is 1. The zero-order valence-corrected chi connectivity index (χ0v) is 17.0. The molecule has 0 spiro atoms. The molecule has 1 fully saturated rings. The molecule has 31 heavy (non-hydrogen) atoms. The second-order valence-electron chi connectivity index (χ2n) is 7.13. The van der Waals surface area contributed by atoms with Crippen molar-refractivity contribution in [3.05, 3.63) is 58.9 Å². The number of nitrogens with zero attached hydrogens (tertiary/aromatic N) is 1. The van der Waals surface area contributed by atoms with Gasteiger partial charge >= 0.3 is 6.18 Å². The minimum Gasteiger partial charge on any atom is -0.482 e. The average Bonchev–Trinajstić information content (AvgIpc) is 2.72. The second kappa shape index (κ2) is 9.55. The van der Waals surface area contributed by atoms with Crippen molar-refractivity contribution in [3.8, 4) is 5.75 Å². The van der Waals surface area contributed by atoms with Gasteiger partial charge in [-0.1, -0.05) is 11.6 Å². The quantitative estimate of drug-likeness (QED) is 0.648. The normalized spacial score (nSPS) is 16.7. The van der Waals surface area contributed by atoms with Crippen LogP contribution < -0.4 is 10.1 Å². The Labute approximate surface area is 180 Å². The van der Waals surface area contributed by atoms with E-state index in [9.17, 15) is 27.2 Å². The van der Waals surface area contributed by atoms with Gasteiger partial charge in [0.25, 0.3) is 5.91 Å². The highest BCUT2D eigenvalue weighted by Gasteiger charge is 2.31. The van der Waals surface area contributed by atoms with Crippen LogP contribution in [0.4, 0.5) is 23.2 Å². The maximum Gasteiger partial charge on any atom is 0.422 e. The van der Waals surface area contributed by atoms with Crippen LogP contribution in [0.5, 0.6) is 5.75 Å². The molecule has 0 saturated carbocycles. The Bertz CT molecular complexity index is 951. The first kappa shape index (κ1) is 22.9. The summed E-state index contributed by atoms with van der Waals surface area (Å²) >= 11 is 5.91. The molecule has 1 aliphatic heterocycles. The minimum atomic E-state index is -4.54. The molecule has 2 aromatic rings. The highest BCUT2D eigenvalue weighted by Crippen LogP contribution is 2.31. The van der Waals surface area contributed by atoms with Crippen molar-refractivity contribution in [2.75, 3.05) is 25.0 Å². The summed E-state index contributed by atoms with van der Waals surface area (Å²) in [6, 6.07) is 9.01. The molecule has 0 aromatic heterocycles. The first-order chi connectivity index (χ1) is 14.6. The molecule has 166 valence electrons. The summed E-state index contributed by atoms with van der Waals surface area (Å²) in [4.78, 5) is 26.9. The molecule has 0 radical (unpaired) electrons. The van der Waals surface area contributed by atoms with Gasteiger partial charge < -0.3 is 15.0 Å². The number of alkyl halides is 3. The van der Waals surface area contributed by atoms with Crippen molar-refractivity contribution < 1.29 is 31.9 Å². The lowest BCUT2D eigenvalue weighted by molar-refractivity contribution is -0.153. The molecule has 3 rings (SSSR count). The highest BCUT2D eigenvalue weighted by atomic mass is 35.5. The van der Waals surface area contributed by atoms with Crippen molar-refractivity contribution in [3.63, 3.8) is 0 Å². The first-order valence-electron chi connectivity index (χ1n) is 9.47. The van der Waals surface area contributed by atoms with Crippen LogP contribution in [0.2, 0.25) is 5.02 Å². The molecular formula is C21H19ClF4N2O3. The van der Waals surface area contributed by atoms with Crippen LogP contribution in [0, 0.1) is 11.7 Å². The highest BCUT2D eigenvalue weighted by molar-refractivity contribution is 6.31. The largest absolute Gasteiger partial charge is 0.482 e. The number of benzene rings is 2. The molecule has 2 amide bonds. The second-order valence-corrected chi connectivity index (χ2v) is 7.57. The molecule has 10 heteroatoms. The Hall–Kier alpha value is -2.81. The summed E-state index contributed by atoms with van der Waals surface area (Å²) in [5.74, 6) is -1.99. The van der Waals surface area contributed by atoms with Crippen molar-refractivity contribution in [2.45, 2.75) is 19.0 Å². The molecule has 1 aliphatic rings. The van der Waals surface area contributed by atoms with E-state index >= 15 is 0 Å². The summed E-state index contributed by atoms with van der Waals surface area (Å²) in [5.41, 5.74) is 0.323. The van der Waals surface area contributed by atoms with E-state index in [0.717, 1.165) is 0 Å². The lowest BCUT2D eigenvalue weighted by Crippen LogP contribution is -2.43. The van der Waals surface area contributed by atoms with Gasteiger partial charge in [-0.25, -0.2) is 4.39 Å². The van der Waals surface area contributed by atoms with E-state index in [1.165, 1.54) is 47.4 Å². The fourth-order valence-electron chi connectivity index (χ4n) is 3.27. The van der Waals surface area contributed by atoms with Gasteiger partial charge in [-0.3, -0.25) is 9.59 Å². The zero-order chi connectivity index (χ0) is 22.6. The van der Waals surface area contributed by atoms with E-state index in [1.807, 2.05) is 0 Å². The Morgan fingerprint density at radius 1 is 1.16 bits per heavy atom. The number of piperidine rings is 1. The van der Waals surface area contributed by atoms with Crippen LogP contribution in [0.1, 0.15) is 23.2 Å². The van der Waals surface area contributed by atoms with Gasteiger partial charge in [-0.15, -0.1) is 0 Å². The predicted molar refractivity (Wildman–Crippen MR) is 107 cm³/mol. The van der Waals surface area contributed by atoms with Crippen molar-refractivity contribution in [1.29, 1.82) is 0 Å². The maximum atomic E-state index is 13.1. The van der Waals surface area contributed by atoms with Crippen molar-refractivity contribution >= 4 is 29.1 Å². The molecule has 1 atom stereocenters. The van der Waals surface area contributed by atoms with Crippen molar-refractivity contribution in [1.82, 2.24) is 4.90 Å². The van der Waals surface area contributed by atoms with Gasteiger partial charge in [-0.2, -0.15) is 13.2 Å². The molecule has 2 aromatic carbocycles. The van der Waals surface area contributed by atoms with E-state index < -0.39 is 30.4 Å². The van der Waals surface area contributed by atoms with E-state index in [-0.39, 0.29) is 28.9 Å². The summed E-state index contributed by atoms with van der Waals surface area (Å²) in [6.45, 7) is -0.945. The number of rotatable bonds is 5. The number of amides is 2. The monoisotopic (exact) mass is 458 g/mol. The lowest BCUT2D eigenvalue weighted by atomic mass is 9.96. The van der Waals surface area contributed by atoms with Crippen LogP contribution in [-0.2, 0) is 4.79 Å². The maximum absolute atomic E-state index is 13.1. The summed E-state index contributed by atoms with van der Waals surface area (Å²) in [7, 11) is 0. The number of anilines is 1. The first-order valence-corrected chi connectivity index (χ1v) is 9.85. The van der Waals surface area contributed by atoms with E-state index in [1.54, 1.807) is 0 Å². The summed E-state index contributed by atoms with van der Waals surface area (Å²) in [6.07, 6.45) is -3.47. The molecule has 1 saturated heterocycles. The van der Waals surface area contributed by atoms with Crippen LogP contribution >= 0.6 is 11.6 Å². The molecule has 5 nitrogen and oxygen atoms in total. The molecular weight excluding hydrogens is 440 g/mol. The Balaban J connectivity index is 1.68. The Morgan fingerprint density at radius 3 is 2.55 bits per heavy atom. The number of ether oxygens (including phenoxy) is 1. The van der Waals surface area contributed by atoms with Gasteiger partial charge in [0.2, 0.25) is 5.91 Å². The third kappa shape index (κ3) is 6.33. The van der Waals surface area contributed by atoms with E-state index in [4.69, 9.17) is 16.3 Å². The topological polar surface area (TPSA) is 58.6 Å². The SMILES string of the molecule is O=C(Nc1cc(Cl)ccc1OCC(F)(F)F)C1CCCN(C(=O)c2ccc(F)cc2)C1. The summed E-state index contributed by atoms with van der Waals surface area (Å²) in [5, 5.41) is 2.78. The van der Waals surface area contributed by atoms with Crippen LogP contribution in [-0.4, -0.2) is 42.6 Å². The Kier molecular flexibility index (Phi) is 7.04. The smallest absolute Gasteiger partial charge is 0.422 e. The number of hydrogen-bond donors (Lipinski definition) is 1. The average molecular weight is 459 g/mol. The summed E-state index contributed by atoms with van der Waals surface area (Å²) < 4.78 is 55.3. The fraction of sp³-hybridized carbons (Fsp3) is 0.333. The molecule has 0 bridgehead atoms. The number of hydrogen-bond acceptors (Lipinski definition) is 3. The predicted octanol–water partition coefficient (Wildman–Crippen LogP) is 4.91. The Morgan fingerprint density at radius 2 is 1.87 bits per heavy atom. The lowest BCUT2D eigenvalue weighted by Gasteiger charge is -2.32. The van der Waals surface area contributed by atoms with E-state index in [0.29, 0.717) is 24.9 Å². The number of carbonyl (C=O) groups excluding carboxylic acids is 2. The number of likely N-dealkylation sites (tertiary alicyclic amines) is 1. The molecule has 1 unspecified atom stereocenters. The van der Waals surface area contributed by atoms with Crippen LogP contribution in [0.15, 0.2) is 42.5 Å². The fourth-order valence-corrected chi connectivity index (χ4v) is 3.44. The molecule has 1 heterocycles. The zero-order valence-electron chi connectivity index (χ0n) is 16.2. The van der Waals surface area contributed by atoms with Crippen molar-refractivity contribution in [2.24, 2.45) is 5.92 Å². The third-order valence-corrected chi connectivity index (χ3v) is 5.00. The third-order valence-electron chi connectivity index (χ3n) is 4.76.